The SMILES string of the molecule is CCCC1CC1NCc1cc(Br)cs1.Cl. The third-order valence-corrected chi connectivity index (χ3v) is 4.44. The van der Waals surface area contributed by atoms with Gasteiger partial charge in [-0.15, -0.1) is 23.7 Å². The van der Waals surface area contributed by atoms with E-state index in [2.05, 4.69) is 39.6 Å². The highest BCUT2D eigenvalue weighted by molar-refractivity contribution is 9.10. The van der Waals surface area contributed by atoms with Crippen LogP contribution >= 0.6 is 39.7 Å². The van der Waals surface area contributed by atoms with Crippen molar-refractivity contribution in [2.24, 2.45) is 5.92 Å². The highest BCUT2D eigenvalue weighted by atomic mass is 79.9. The molecule has 86 valence electrons. The van der Waals surface area contributed by atoms with Crippen molar-refractivity contribution < 1.29 is 0 Å². The molecule has 1 aliphatic rings. The van der Waals surface area contributed by atoms with E-state index in [9.17, 15) is 0 Å². The fourth-order valence-corrected chi connectivity index (χ4v) is 3.27. The summed E-state index contributed by atoms with van der Waals surface area (Å²) in [5.74, 6) is 0.961. The largest absolute Gasteiger partial charge is 0.309 e. The Balaban J connectivity index is 0.00000112. The molecule has 1 N–H and O–H groups in total. The fourth-order valence-electron chi connectivity index (χ4n) is 1.87. The van der Waals surface area contributed by atoms with E-state index in [0.29, 0.717) is 0 Å². The summed E-state index contributed by atoms with van der Waals surface area (Å²) in [6.45, 7) is 3.31. The van der Waals surface area contributed by atoms with Gasteiger partial charge < -0.3 is 5.32 Å². The Labute approximate surface area is 110 Å². The first-order valence-electron chi connectivity index (χ1n) is 5.26. The molecule has 2 atom stereocenters. The number of hydrogen-bond acceptors (Lipinski definition) is 2. The molecular weight excluding hydrogens is 294 g/mol. The highest BCUT2D eigenvalue weighted by Crippen LogP contribution is 2.35. The van der Waals surface area contributed by atoms with Gasteiger partial charge in [0.25, 0.3) is 0 Å². The van der Waals surface area contributed by atoms with Crippen molar-refractivity contribution in [3.8, 4) is 0 Å². The van der Waals surface area contributed by atoms with E-state index < -0.39 is 0 Å². The number of halogens is 2. The van der Waals surface area contributed by atoms with Crippen molar-refractivity contribution in [3.05, 3.63) is 20.8 Å². The van der Waals surface area contributed by atoms with E-state index in [4.69, 9.17) is 0 Å². The molecular formula is C11H17BrClNS. The maximum absolute atomic E-state index is 3.61. The average molecular weight is 311 g/mol. The van der Waals surface area contributed by atoms with Crippen LogP contribution in [0.4, 0.5) is 0 Å². The minimum atomic E-state index is 0. The molecule has 1 heterocycles. The molecule has 2 rings (SSSR count). The lowest BCUT2D eigenvalue weighted by Crippen LogP contribution is -2.16. The van der Waals surface area contributed by atoms with Gasteiger partial charge in [0.1, 0.15) is 0 Å². The van der Waals surface area contributed by atoms with Crippen LogP contribution in [0.5, 0.6) is 0 Å². The molecule has 1 aliphatic carbocycles. The van der Waals surface area contributed by atoms with Crippen LogP contribution < -0.4 is 5.32 Å². The van der Waals surface area contributed by atoms with E-state index in [0.717, 1.165) is 18.5 Å². The van der Waals surface area contributed by atoms with Crippen molar-refractivity contribution in [2.75, 3.05) is 0 Å². The molecule has 1 nitrogen and oxygen atoms in total. The summed E-state index contributed by atoms with van der Waals surface area (Å²) in [6.07, 6.45) is 4.11. The van der Waals surface area contributed by atoms with Crippen molar-refractivity contribution in [2.45, 2.75) is 38.8 Å². The van der Waals surface area contributed by atoms with Crippen molar-refractivity contribution in [1.29, 1.82) is 0 Å². The minimum absolute atomic E-state index is 0. The molecule has 1 aromatic rings. The van der Waals surface area contributed by atoms with Gasteiger partial charge in [-0.3, -0.25) is 0 Å². The smallest absolute Gasteiger partial charge is 0.0302 e. The summed E-state index contributed by atoms with van der Waals surface area (Å²) < 4.78 is 1.21. The Morgan fingerprint density at radius 2 is 2.40 bits per heavy atom. The topological polar surface area (TPSA) is 12.0 Å². The number of nitrogens with one attached hydrogen (secondary N) is 1. The lowest BCUT2D eigenvalue weighted by Gasteiger charge is -2.00. The molecule has 1 saturated carbocycles. The quantitative estimate of drug-likeness (QED) is 0.859. The van der Waals surface area contributed by atoms with Gasteiger partial charge in [0, 0.05) is 27.3 Å². The normalized spacial score (nSPS) is 23.6. The Morgan fingerprint density at radius 1 is 1.60 bits per heavy atom. The molecule has 1 fully saturated rings. The van der Waals surface area contributed by atoms with Gasteiger partial charge in [0.05, 0.1) is 0 Å². The molecule has 4 heteroatoms. The summed E-state index contributed by atoms with van der Waals surface area (Å²) >= 11 is 5.30. The Kier molecular flexibility index (Phi) is 5.61. The summed E-state index contributed by atoms with van der Waals surface area (Å²) in [5, 5.41) is 5.76. The molecule has 0 aromatic carbocycles. The standard InChI is InChI=1S/C11H16BrNS.ClH/c1-2-3-8-4-11(8)13-6-10-5-9(12)7-14-10;/h5,7-8,11,13H,2-4,6H2,1H3;1H. The third kappa shape index (κ3) is 4.06. The number of hydrogen-bond donors (Lipinski definition) is 1. The lowest BCUT2D eigenvalue weighted by molar-refractivity contribution is 0.602. The van der Waals surface area contributed by atoms with Crippen LogP contribution in [-0.2, 0) is 6.54 Å². The van der Waals surface area contributed by atoms with Crippen LogP contribution in [0, 0.1) is 5.92 Å². The zero-order valence-electron chi connectivity index (χ0n) is 8.83. The van der Waals surface area contributed by atoms with Gasteiger partial charge in [-0.2, -0.15) is 0 Å². The van der Waals surface area contributed by atoms with Gasteiger partial charge in [0.2, 0.25) is 0 Å². The van der Waals surface area contributed by atoms with Gasteiger partial charge in [-0.1, -0.05) is 13.3 Å². The molecule has 15 heavy (non-hydrogen) atoms. The summed E-state index contributed by atoms with van der Waals surface area (Å²) in [5.41, 5.74) is 0. The van der Waals surface area contributed by atoms with Crippen molar-refractivity contribution >= 4 is 39.7 Å². The first-order valence-corrected chi connectivity index (χ1v) is 6.93. The summed E-state index contributed by atoms with van der Waals surface area (Å²) in [4.78, 5) is 1.43. The van der Waals surface area contributed by atoms with Crippen LogP contribution in [-0.4, -0.2) is 6.04 Å². The zero-order chi connectivity index (χ0) is 9.97. The minimum Gasteiger partial charge on any atom is -0.309 e. The zero-order valence-corrected chi connectivity index (χ0v) is 12.1. The summed E-state index contributed by atoms with van der Waals surface area (Å²) in [7, 11) is 0. The molecule has 0 bridgehead atoms. The molecule has 0 spiro atoms. The van der Waals surface area contributed by atoms with Crippen LogP contribution in [0.1, 0.15) is 31.1 Å². The Hall–Kier alpha value is 0.430. The number of rotatable bonds is 5. The van der Waals surface area contributed by atoms with Crippen molar-refractivity contribution in [1.82, 2.24) is 5.32 Å². The Morgan fingerprint density at radius 3 is 3.00 bits per heavy atom. The van der Waals surface area contributed by atoms with Gasteiger partial charge in [0.15, 0.2) is 0 Å². The predicted molar refractivity (Wildman–Crippen MR) is 72.9 cm³/mol. The third-order valence-electron chi connectivity index (χ3n) is 2.74. The second-order valence-corrected chi connectivity index (χ2v) is 5.91. The maximum Gasteiger partial charge on any atom is 0.0302 e. The van der Waals surface area contributed by atoms with E-state index in [1.165, 1.54) is 28.6 Å². The average Bonchev–Trinajstić information content (AvgIpc) is 2.77. The van der Waals surface area contributed by atoms with Crippen LogP contribution in [0.3, 0.4) is 0 Å². The van der Waals surface area contributed by atoms with Crippen LogP contribution in [0.2, 0.25) is 0 Å². The molecule has 0 saturated heterocycles. The maximum atomic E-state index is 3.61. The van der Waals surface area contributed by atoms with E-state index in [1.54, 1.807) is 0 Å². The first-order chi connectivity index (χ1) is 6.79. The van der Waals surface area contributed by atoms with Crippen LogP contribution in [0.15, 0.2) is 15.9 Å². The second-order valence-electron chi connectivity index (χ2n) is 4.00. The molecule has 1 aromatic heterocycles. The van der Waals surface area contributed by atoms with Crippen molar-refractivity contribution in [3.63, 3.8) is 0 Å². The van der Waals surface area contributed by atoms with E-state index in [-0.39, 0.29) is 12.4 Å². The van der Waals surface area contributed by atoms with Crippen LogP contribution in [0.25, 0.3) is 0 Å². The van der Waals surface area contributed by atoms with Gasteiger partial charge in [-0.05, 0) is 40.8 Å². The molecule has 0 amide bonds. The number of thiophene rings is 1. The van der Waals surface area contributed by atoms with Gasteiger partial charge >= 0.3 is 0 Å². The predicted octanol–water partition coefficient (Wildman–Crippen LogP) is 4.21. The van der Waals surface area contributed by atoms with E-state index in [1.807, 2.05) is 11.3 Å². The molecule has 2 unspecified atom stereocenters. The fraction of sp³-hybridized carbons (Fsp3) is 0.636. The first kappa shape index (κ1) is 13.5. The monoisotopic (exact) mass is 309 g/mol. The van der Waals surface area contributed by atoms with Gasteiger partial charge in [-0.25, -0.2) is 0 Å². The summed E-state index contributed by atoms with van der Waals surface area (Å²) in [6, 6.07) is 3.00. The lowest BCUT2D eigenvalue weighted by atomic mass is 10.2. The molecule has 0 radical (unpaired) electrons. The van der Waals surface area contributed by atoms with E-state index >= 15 is 0 Å². The Bertz CT molecular complexity index is 303. The molecule has 0 aliphatic heterocycles. The highest BCUT2D eigenvalue weighted by Gasteiger charge is 2.35. The second kappa shape index (κ2) is 6.24.